The Morgan fingerprint density at radius 2 is 1.33 bits per heavy atom. The summed E-state index contributed by atoms with van der Waals surface area (Å²) in [4.78, 5) is 0. The topological polar surface area (TPSA) is 9.23 Å². The summed E-state index contributed by atoms with van der Waals surface area (Å²) in [5, 5.41) is 0. The average Bonchev–Trinajstić information content (AvgIpc) is 2.87. The molecule has 3 aliphatic rings. The van der Waals surface area contributed by atoms with Crippen LogP contribution in [0, 0.1) is 41.3 Å². The van der Waals surface area contributed by atoms with Crippen molar-refractivity contribution in [3.8, 4) is 5.75 Å². The molecule has 1 nitrogen and oxygen atoms in total. The third-order valence-electron chi connectivity index (χ3n) is 9.68. The van der Waals surface area contributed by atoms with Crippen LogP contribution < -0.4 is 4.74 Å². The van der Waals surface area contributed by atoms with Gasteiger partial charge in [0.2, 0.25) is 0 Å². The van der Waals surface area contributed by atoms with Crippen LogP contribution in [0.5, 0.6) is 5.75 Å². The summed E-state index contributed by atoms with van der Waals surface area (Å²) in [6, 6.07) is 2.57. The quantitative estimate of drug-likeness (QED) is 0.333. The maximum atomic E-state index is 14.3. The molecule has 3 saturated carbocycles. The zero-order valence-electron chi connectivity index (χ0n) is 22.1. The zero-order valence-corrected chi connectivity index (χ0v) is 22.1. The zero-order chi connectivity index (χ0) is 25.7. The Balaban J connectivity index is 1.20. The average molecular weight is 509 g/mol. The van der Waals surface area contributed by atoms with Crippen LogP contribution in [0.25, 0.3) is 6.08 Å². The first-order valence-corrected chi connectivity index (χ1v) is 14.4. The van der Waals surface area contributed by atoms with Gasteiger partial charge in [-0.15, -0.1) is 0 Å². The molecule has 0 saturated heterocycles. The van der Waals surface area contributed by atoms with Crippen LogP contribution >= 0.6 is 0 Å². The highest BCUT2D eigenvalue weighted by atomic mass is 19.4. The maximum Gasteiger partial charge on any atom is 0.419 e. The number of methoxy groups -OCH3 is 1. The molecule has 1 aromatic carbocycles. The fraction of sp³-hybridized carbons (Fsp3) is 0.742. The highest BCUT2D eigenvalue weighted by Gasteiger charge is 2.38. The Morgan fingerprint density at radius 3 is 1.86 bits per heavy atom. The number of ether oxygens (including phenoxy) is 1. The van der Waals surface area contributed by atoms with Gasteiger partial charge in [-0.1, -0.05) is 63.7 Å². The van der Waals surface area contributed by atoms with E-state index in [2.05, 4.69) is 6.92 Å². The van der Waals surface area contributed by atoms with E-state index in [9.17, 15) is 17.6 Å². The minimum atomic E-state index is -4.76. The number of halogens is 4. The van der Waals surface area contributed by atoms with Crippen molar-refractivity contribution in [3.05, 3.63) is 35.2 Å². The maximum absolute atomic E-state index is 14.3. The smallest absolute Gasteiger partial charge is 0.419 e. The van der Waals surface area contributed by atoms with Crippen molar-refractivity contribution in [2.75, 3.05) is 7.11 Å². The van der Waals surface area contributed by atoms with E-state index in [-0.39, 0.29) is 17.2 Å². The standard InChI is InChI=1S/C31H44F4O/c1-21-3-14-25(15-4-21)26-16-11-24(12-17-26)10-7-22-5-8-23(9-6-22)13-18-27-19-20-28(36-2)30(32)29(27)31(33,34)35/h13,18-26H,3-12,14-17H2,1-2H3. The second kappa shape index (κ2) is 12.3. The van der Waals surface area contributed by atoms with Crippen LogP contribution in [0.4, 0.5) is 17.6 Å². The molecule has 3 aliphatic carbocycles. The second-order valence-corrected chi connectivity index (χ2v) is 12.1. The van der Waals surface area contributed by atoms with Gasteiger partial charge in [-0.25, -0.2) is 4.39 Å². The van der Waals surface area contributed by atoms with Crippen molar-refractivity contribution in [2.24, 2.45) is 35.5 Å². The van der Waals surface area contributed by atoms with Gasteiger partial charge in [0.25, 0.3) is 0 Å². The first kappa shape index (κ1) is 27.5. The minimum Gasteiger partial charge on any atom is -0.494 e. The first-order chi connectivity index (χ1) is 17.2. The van der Waals surface area contributed by atoms with Gasteiger partial charge < -0.3 is 4.74 Å². The van der Waals surface area contributed by atoms with Crippen molar-refractivity contribution in [1.82, 2.24) is 0 Å². The predicted octanol–water partition coefficient (Wildman–Crippen LogP) is 10.1. The minimum absolute atomic E-state index is 0.124. The van der Waals surface area contributed by atoms with Crippen LogP contribution in [0.1, 0.15) is 108 Å². The molecule has 3 fully saturated rings. The number of benzene rings is 1. The highest BCUT2D eigenvalue weighted by Crippen LogP contribution is 2.43. The van der Waals surface area contributed by atoms with Gasteiger partial charge >= 0.3 is 6.18 Å². The van der Waals surface area contributed by atoms with Gasteiger partial charge in [-0.3, -0.25) is 0 Å². The van der Waals surface area contributed by atoms with E-state index in [4.69, 9.17) is 4.74 Å². The van der Waals surface area contributed by atoms with Crippen LogP contribution in [0.3, 0.4) is 0 Å². The third-order valence-corrected chi connectivity index (χ3v) is 9.68. The fourth-order valence-corrected chi connectivity index (χ4v) is 7.24. The molecule has 0 aromatic heterocycles. The second-order valence-electron chi connectivity index (χ2n) is 12.1. The summed E-state index contributed by atoms with van der Waals surface area (Å²) >= 11 is 0. The molecule has 0 bridgehead atoms. The summed E-state index contributed by atoms with van der Waals surface area (Å²) in [5.41, 5.74) is -1.36. The number of allylic oxidation sites excluding steroid dienone is 1. The van der Waals surface area contributed by atoms with Crippen LogP contribution in [0.2, 0.25) is 0 Å². The molecule has 36 heavy (non-hydrogen) atoms. The molecule has 0 atom stereocenters. The summed E-state index contributed by atoms with van der Waals surface area (Å²) in [6.07, 6.45) is 17.0. The summed E-state index contributed by atoms with van der Waals surface area (Å²) in [7, 11) is 1.18. The van der Waals surface area contributed by atoms with Gasteiger partial charge in [0.05, 0.1) is 7.11 Å². The largest absolute Gasteiger partial charge is 0.494 e. The van der Waals surface area contributed by atoms with Crippen molar-refractivity contribution in [1.29, 1.82) is 0 Å². The normalized spacial score (nSPS) is 32.1. The van der Waals surface area contributed by atoms with Crippen LogP contribution in [-0.2, 0) is 6.18 Å². The van der Waals surface area contributed by atoms with E-state index in [0.29, 0.717) is 0 Å². The molecule has 0 amide bonds. The molecule has 0 radical (unpaired) electrons. The lowest BCUT2D eigenvalue weighted by Gasteiger charge is -2.37. The Bertz CT molecular complexity index is 852. The van der Waals surface area contributed by atoms with E-state index in [1.54, 1.807) is 0 Å². The van der Waals surface area contributed by atoms with Crippen molar-refractivity contribution in [3.63, 3.8) is 0 Å². The Hall–Kier alpha value is -1.52. The van der Waals surface area contributed by atoms with Gasteiger partial charge in [0.15, 0.2) is 11.6 Å². The molecule has 5 heteroatoms. The molecule has 202 valence electrons. The Labute approximate surface area is 215 Å². The molecule has 0 spiro atoms. The third kappa shape index (κ3) is 7.07. The SMILES string of the molecule is COc1ccc(C=CC2CCC(CCC3CCC(C4CCC(C)CC4)CC3)CC2)c(C(F)(F)F)c1F. The van der Waals surface area contributed by atoms with E-state index in [0.717, 1.165) is 55.3 Å². The number of alkyl halides is 3. The van der Waals surface area contributed by atoms with E-state index in [1.165, 1.54) is 89.5 Å². The Kier molecular flexibility index (Phi) is 9.44. The molecular formula is C31H44F4O. The molecule has 4 rings (SSSR count). The summed E-state index contributed by atoms with van der Waals surface area (Å²) in [5.74, 6) is 3.10. The lowest BCUT2D eigenvalue weighted by molar-refractivity contribution is -0.140. The fourth-order valence-electron chi connectivity index (χ4n) is 7.24. The van der Waals surface area contributed by atoms with Crippen molar-refractivity contribution in [2.45, 2.75) is 103 Å². The highest BCUT2D eigenvalue weighted by molar-refractivity contribution is 5.57. The van der Waals surface area contributed by atoms with Gasteiger partial charge in [-0.05, 0) is 98.5 Å². The van der Waals surface area contributed by atoms with Gasteiger partial charge in [0, 0.05) is 0 Å². The Morgan fingerprint density at radius 1 is 0.806 bits per heavy atom. The molecule has 0 unspecified atom stereocenters. The monoisotopic (exact) mass is 508 g/mol. The first-order valence-electron chi connectivity index (χ1n) is 14.4. The predicted molar refractivity (Wildman–Crippen MR) is 138 cm³/mol. The van der Waals surface area contributed by atoms with E-state index < -0.39 is 17.6 Å². The van der Waals surface area contributed by atoms with Crippen LogP contribution in [-0.4, -0.2) is 7.11 Å². The molecule has 0 aliphatic heterocycles. The lowest BCUT2D eigenvalue weighted by atomic mass is 9.68. The summed E-state index contributed by atoms with van der Waals surface area (Å²) in [6.45, 7) is 2.41. The van der Waals surface area contributed by atoms with E-state index >= 15 is 0 Å². The van der Waals surface area contributed by atoms with Gasteiger partial charge in [-0.2, -0.15) is 13.2 Å². The van der Waals surface area contributed by atoms with Crippen molar-refractivity contribution < 1.29 is 22.3 Å². The van der Waals surface area contributed by atoms with E-state index in [1.807, 2.05) is 6.08 Å². The molecule has 0 N–H and O–H groups in total. The van der Waals surface area contributed by atoms with Crippen molar-refractivity contribution >= 4 is 6.08 Å². The molecular weight excluding hydrogens is 464 g/mol. The molecule has 1 aromatic rings. The number of rotatable bonds is 7. The molecule has 0 heterocycles. The van der Waals surface area contributed by atoms with Crippen LogP contribution in [0.15, 0.2) is 18.2 Å². The van der Waals surface area contributed by atoms with Gasteiger partial charge in [0.1, 0.15) is 5.56 Å². The summed E-state index contributed by atoms with van der Waals surface area (Å²) < 4.78 is 59.5. The number of hydrogen-bond acceptors (Lipinski definition) is 1. The lowest BCUT2D eigenvalue weighted by Crippen LogP contribution is -2.25. The number of hydrogen-bond donors (Lipinski definition) is 0.